The summed E-state index contributed by atoms with van der Waals surface area (Å²) in [5, 5.41) is 8.97. The smallest absolute Gasteiger partial charge is 0.115 e. The summed E-state index contributed by atoms with van der Waals surface area (Å²) in [7, 11) is 0. The zero-order valence-corrected chi connectivity index (χ0v) is 6.83. The van der Waals surface area contributed by atoms with E-state index >= 15 is 0 Å². The maximum atomic E-state index is 8.97. The van der Waals surface area contributed by atoms with Crippen LogP contribution in [-0.4, -0.2) is 5.11 Å². The Balaban J connectivity index is 2.91. The number of phenolic OH excluding ortho intramolecular Hbond substituents is 1. The summed E-state index contributed by atoms with van der Waals surface area (Å²) >= 11 is 0. The van der Waals surface area contributed by atoms with Gasteiger partial charge in [0.1, 0.15) is 5.75 Å². The molecule has 0 radical (unpaired) electrons. The molecule has 1 aromatic rings. The summed E-state index contributed by atoms with van der Waals surface area (Å²) in [5.41, 5.74) is 2.39. The molecule has 1 N–H and O–H groups in total. The van der Waals surface area contributed by atoms with Crippen LogP contribution in [0.4, 0.5) is 0 Å². The minimum absolute atomic E-state index is 0.316. The zero-order chi connectivity index (χ0) is 8.27. The minimum atomic E-state index is 0.316. The first-order valence-corrected chi connectivity index (χ1v) is 3.62. The highest BCUT2D eigenvalue weighted by atomic mass is 16.3. The predicted octanol–water partition coefficient (Wildman–Crippen LogP) is 2.82. The van der Waals surface area contributed by atoms with Crippen molar-refractivity contribution >= 4 is 6.08 Å². The van der Waals surface area contributed by atoms with E-state index in [1.54, 1.807) is 12.1 Å². The molecule has 0 amide bonds. The lowest BCUT2D eigenvalue weighted by molar-refractivity contribution is 0.475. The van der Waals surface area contributed by atoms with Gasteiger partial charge in [0.25, 0.3) is 0 Å². The summed E-state index contributed by atoms with van der Waals surface area (Å²) in [6, 6.07) is 7.16. The minimum Gasteiger partial charge on any atom is -0.508 e. The van der Waals surface area contributed by atoms with Gasteiger partial charge >= 0.3 is 0 Å². The summed E-state index contributed by atoms with van der Waals surface area (Å²) in [6.45, 7) is 4.10. The number of rotatable bonds is 1. The van der Waals surface area contributed by atoms with Crippen molar-refractivity contribution in [2.24, 2.45) is 0 Å². The van der Waals surface area contributed by atoms with Crippen molar-refractivity contribution in [1.29, 1.82) is 0 Å². The maximum Gasteiger partial charge on any atom is 0.115 e. The van der Waals surface area contributed by atoms with Gasteiger partial charge in [-0.15, -0.1) is 0 Å². The van der Waals surface area contributed by atoms with E-state index in [9.17, 15) is 0 Å². The molecule has 11 heavy (non-hydrogen) atoms. The molecule has 0 spiro atoms. The van der Waals surface area contributed by atoms with Gasteiger partial charge in [-0.2, -0.15) is 0 Å². The van der Waals surface area contributed by atoms with Gasteiger partial charge in [-0.1, -0.05) is 23.8 Å². The molecule has 0 aliphatic heterocycles. The van der Waals surface area contributed by atoms with Crippen LogP contribution in [0.25, 0.3) is 6.08 Å². The van der Waals surface area contributed by atoms with E-state index < -0.39 is 0 Å². The number of benzene rings is 1. The third kappa shape index (κ3) is 2.46. The second-order valence-electron chi connectivity index (χ2n) is 2.81. The van der Waals surface area contributed by atoms with Gasteiger partial charge in [0.2, 0.25) is 0 Å². The fourth-order valence-electron chi connectivity index (χ4n) is 0.904. The molecule has 0 heterocycles. The Morgan fingerprint density at radius 2 is 1.73 bits per heavy atom. The molecule has 0 aromatic heterocycles. The van der Waals surface area contributed by atoms with Crippen molar-refractivity contribution in [3.63, 3.8) is 0 Å². The van der Waals surface area contributed by atoms with E-state index in [-0.39, 0.29) is 0 Å². The number of hydrogen-bond acceptors (Lipinski definition) is 1. The number of hydrogen-bond donors (Lipinski definition) is 1. The number of aromatic hydroxyl groups is 1. The van der Waals surface area contributed by atoms with Gasteiger partial charge < -0.3 is 5.11 Å². The van der Waals surface area contributed by atoms with Crippen molar-refractivity contribution in [2.45, 2.75) is 13.8 Å². The molecule has 1 nitrogen and oxygen atoms in total. The molecule has 0 unspecified atom stereocenters. The molecule has 1 rings (SSSR count). The fourth-order valence-corrected chi connectivity index (χ4v) is 0.904. The van der Waals surface area contributed by atoms with Crippen LogP contribution in [0.3, 0.4) is 0 Å². The lowest BCUT2D eigenvalue weighted by Crippen LogP contribution is -1.71. The molecule has 0 bridgehead atoms. The summed E-state index contributed by atoms with van der Waals surface area (Å²) in [6.07, 6.45) is 2.07. The van der Waals surface area contributed by atoms with Crippen LogP contribution in [0, 0.1) is 0 Å². The Labute approximate surface area is 67.0 Å². The molecule has 0 saturated heterocycles. The van der Waals surface area contributed by atoms with Gasteiger partial charge in [-0.05, 0) is 31.5 Å². The third-order valence-corrected chi connectivity index (χ3v) is 1.35. The maximum absolute atomic E-state index is 8.97. The lowest BCUT2D eigenvalue weighted by atomic mass is 10.1. The van der Waals surface area contributed by atoms with Crippen molar-refractivity contribution < 1.29 is 5.11 Å². The van der Waals surface area contributed by atoms with Gasteiger partial charge in [0.05, 0.1) is 0 Å². The van der Waals surface area contributed by atoms with E-state index in [2.05, 4.69) is 6.08 Å². The fraction of sp³-hybridized carbons (Fsp3) is 0.200. The lowest BCUT2D eigenvalue weighted by Gasteiger charge is -1.94. The van der Waals surface area contributed by atoms with Crippen LogP contribution < -0.4 is 0 Å². The summed E-state index contributed by atoms with van der Waals surface area (Å²) in [4.78, 5) is 0. The second-order valence-corrected chi connectivity index (χ2v) is 2.81. The van der Waals surface area contributed by atoms with E-state index in [0.29, 0.717) is 5.75 Å². The summed E-state index contributed by atoms with van der Waals surface area (Å²) in [5.74, 6) is 0.316. The molecule has 1 aromatic carbocycles. The van der Waals surface area contributed by atoms with Crippen LogP contribution in [0.5, 0.6) is 5.75 Å². The zero-order valence-electron chi connectivity index (χ0n) is 6.83. The highest BCUT2D eigenvalue weighted by Gasteiger charge is 1.87. The highest BCUT2D eigenvalue weighted by Crippen LogP contribution is 2.11. The molecule has 0 fully saturated rings. The van der Waals surface area contributed by atoms with Crippen molar-refractivity contribution in [3.05, 3.63) is 35.4 Å². The molecular formula is C10H12O. The SMILES string of the molecule is CC(C)=Cc1ccc(O)cc1. The van der Waals surface area contributed by atoms with Crippen LogP contribution >= 0.6 is 0 Å². The van der Waals surface area contributed by atoms with Crippen LogP contribution in [-0.2, 0) is 0 Å². The Hall–Kier alpha value is -1.24. The highest BCUT2D eigenvalue weighted by molar-refractivity contribution is 5.52. The molecule has 1 heteroatoms. The Kier molecular flexibility index (Phi) is 2.32. The first kappa shape index (κ1) is 7.86. The topological polar surface area (TPSA) is 20.2 Å². The average Bonchev–Trinajstić information content (AvgIpc) is 1.93. The monoisotopic (exact) mass is 148 g/mol. The van der Waals surface area contributed by atoms with Crippen molar-refractivity contribution in [1.82, 2.24) is 0 Å². The normalized spacial score (nSPS) is 9.27. The number of phenols is 1. The largest absolute Gasteiger partial charge is 0.508 e. The quantitative estimate of drug-likeness (QED) is 0.649. The van der Waals surface area contributed by atoms with Crippen LogP contribution in [0.1, 0.15) is 19.4 Å². The average molecular weight is 148 g/mol. The van der Waals surface area contributed by atoms with E-state index in [1.807, 2.05) is 26.0 Å². The van der Waals surface area contributed by atoms with Gasteiger partial charge in [-0.3, -0.25) is 0 Å². The van der Waals surface area contributed by atoms with Crippen molar-refractivity contribution in [3.8, 4) is 5.75 Å². The molecule has 0 atom stereocenters. The number of allylic oxidation sites excluding steroid dienone is 1. The second kappa shape index (κ2) is 3.24. The first-order chi connectivity index (χ1) is 5.18. The Morgan fingerprint density at radius 1 is 1.18 bits per heavy atom. The standard InChI is InChI=1S/C10H12O/c1-8(2)7-9-3-5-10(11)6-4-9/h3-7,11H,1-2H3. The van der Waals surface area contributed by atoms with Gasteiger partial charge in [-0.25, -0.2) is 0 Å². The van der Waals surface area contributed by atoms with Crippen LogP contribution in [0.2, 0.25) is 0 Å². The van der Waals surface area contributed by atoms with E-state index in [0.717, 1.165) is 5.56 Å². The van der Waals surface area contributed by atoms with E-state index in [4.69, 9.17) is 5.11 Å². The van der Waals surface area contributed by atoms with Crippen LogP contribution in [0.15, 0.2) is 29.8 Å². The molecule has 0 aliphatic rings. The molecular weight excluding hydrogens is 136 g/mol. The van der Waals surface area contributed by atoms with Gasteiger partial charge in [0.15, 0.2) is 0 Å². The van der Waals surface area contributed by atoms with Gasteiger partial charge in [0, 0.05) is 0 Å². The molecule has 58 valence electrons. The third-order valence-electron chi connectivity index (χ3n) is 1.35. The molecule has 0 aliphatic carbocycles. The van der Waals surface area contributed by atoms with E-state index in [1.165, 1.54) is 5.57 Å². The van der Waals surface area contributed by atoms with Crippen molar-refractivity contribution in [2.75, 3.05) is 0 Å². The summed E-state index contributed by atoms with van der Waals surface area (Å²) < 4.78 is 0. The predicted molar refractivity (Wildman–Crippen MR) is 47.4 cm³/mol. The first-order valence-electron chi connectivity index (χ1n) is 3.62. The molecule has 0 saturated carbocycles. The Morgan fingerprint density at radius 3 is 2.18 bits per heavy atom. The Bertz CT molecular complexity index is 253.